The molecule has 1 fully saturated rings. The van der Waals surface area contributed by atoms with Gasteiger partial charge in [-0.15, -0.1) is 0 Å². The number of aromatic amines is 3. The molecule has 0 aliphatic heterocycles. The first-order chi connectivity index (χ1) is 9.22. The van der Waals surface area contributed by atoms with E-state index in [1.54, 1.807) is 0 Å². The van der Waals surface area contributed by atoms with Crippen LogP contribution in [0.3, 0.4) is 0 Å². The number of fused-ring (bicyclic) bond motifs is 1. The lowest BCUT2D eigenvalue weighted by atomic mass is 9.86. The van der Waals surface area contributed by atoms with Gasteiger partial charge in [-0.1, -0.05) is 32.1 Å². The molecule has 0 spiro atoms. The van der Waals surface area contributed by atoms with Gasteiger partial charge >= 0.3 is 5.69 Å². The Balaban J connectivity index is 1.76. The van der Waals surface area contributed by atoms with Gasteiger partial charge in [0.25, 0.3) is 5.56 Å². The van der Waals surface area contributed by atoms with Crippen LogP contribution in [0.4, 0.5) is 0 Å². The van der Waals surface area contributed by atoms with Crippen molar-refractivity contribution in [3.63, 3.8) is 0 Å². The highest BCUT2D eigenvalue weighted by atomic mass is 16.2. The molecule has 0 aromatic carbocycles. The Bertz CT molecular complexity index is 676. The lowest BCUT2D eigenvalue weighted by Crippen LogP contribution is -2.21. The summed E-state index contributed by atoms with van der Waals surface area (Å²) in [4.78, 5) is 34.7. The van der Waals surface area contributed by atoms with Crippen molar-refractivity contribution < 1.29 is 0 Å². The van der Waals surface area contributed by atoms with Gasteiger partial charge in [-0.05, 0) is 12.3 Å². The van der Waals surface area contributed by atoms with Crippen molar-refractivity contribution in [3.05, 3.63) is 26.7 Å². The van der Waals surface area contributed by atoms with Crippen LogP contribution in [0, 0.1) is 5.92 Å². The van der Waals surface area contributed by atoms with Crippen LogP contribution in [0.5, 0.6) is 0 Å². The highest BCUT2D eigenvalue weighted by Gasteiger charge is 2.14. The van der Waals surface area contributed by atoms with Gasteiger partial charge in [0.05, 0.1) is 0 Å². The topological polar surface area (TPSA) is 94.4 Å². The van der Waals surface area contributed by atoms with Crippen LogP contribution >= 0.6 is 0 Å². The first-order valence-corrected chi connectivity index (χ1v) is 6.93. The minimum atomic E-state index is -0.511. The number of hydrogen-bond donors (Lipinski definition) is 3. The summed E-state index contributed by atoms with van der Waals surface area (Å²) in [5.41, 5.74) is -0.205. The minimum Gasteiger partial charge on any atom is -0.336 e. The van der Waals surface area contributed by atoms with Crippen LogP contribution in [-0.2, 0) is 6.42 Å². The maximum Gasteiger partial charge on any atom is 0.327 e. The average molecular weight is 262 g/mol. The Morgan fingerprint density at radius 3 is 2.63 bits per heavy atom. The molecule has 6 heteroatoms. The normalized spacial score (nSPS) is 17.1. The van der Waals surface area contributed by atoms with E-state index in [0.717, 1.165) is 24.6 Å². The summed E-state index contributed by atoms with van der Waals surface area (Å²) in [6.07, 6.45) is 8.56. The molecule has 3 rings (SSSR count). The summed E-state index contributed by atoms with van der Waals surface area (Å²) < 4.78 is 0. The predicted molar refractivity (Wildman–Crippen MR) is 72.2 cm³/mol. The molecule has 0 bridgehead atoms. The van der Waals surface area contributed by atoms with Gasteiger partial charge in [-0.25, -0.2) is 9.78 Å². The molecule has 1 aliphatic carbocycles. The Morgan fingerprint density at radius 2 is 1.84 bits per heavy atom. The minimum absolute atomic E-state index is 0.354. The summed E-state index contributed by atoms with van der Waals surface area (Å²) in [5, 5.41) is 0. The molecule has 3 N–H and O–H groups in total. The molecule has 0 atom stereocenters. The number of H-pyrrole nitrogens is 3. The van der Waals surface area contributed by atoms with Gasteiger partial charge in [0, 0.05) is 6.42 Å². The summed E-state index contributed by atoms with van der Waals surface area (Å²) >= 11 is 0. The SMILES string of the molecule is O=c1[nH]c(=O)c2[nH]c(CCC3CCCCC3)nc2[nH]1. The van der Waals surface area contributed by atoms with Crippen molar-refractivity contribution >= 4 is 11.2 Å². The number of nitrogens with zero attached hydrogens (tertiary/aromatic N) is 1. The van der Waals surface area contributed by atoms with E-state index >= 15 is 0 Å². The van der Waals surface area contributed by atoms with E-state index in [1.165, 1.54) is 32.1 Å². The zero-order chi connectivity index (χ0) is 13.2. The van der Waals surface area contributed by atoms with Crippen molar-refractivity contribution in [1.29, 1.82) is 0 Å². The Kier molecular flexibility index (Phi) is 3.23. The monoisotopic (exact) mass is 262 g/mol. The summed E-state index contributed by atoms with van der Waals surface area (Å²) in [7, 11) is 0. The second-order valence-corrected chi connectivity index (χ2v) is 5.36. The van der Waals surface area contributed by atoms with Crippen LogP contribution in [-0.4, -0.2) is 19.9 Å². The number of nitrogens with one attached hydrogen (secondary N) is 3. The lowest BCUT2D eigenvalue weighted by Gasteiger charge is -2.20. The number of imidazole rings is 1. The predicted octanol–water partition coefficient (Wildman–Crippen LogP) is 1.45. The number of hydrogen-bond acceptors (Lipinski definition) is 3. The summed E-state index contributed by atoms with van der Waals surface area (Å²) in [6, 6.07) is 0. The first-order valence-electron chi connectivity index (χ1n) is 6.93. The maximum absolute atomic E-state index is 11.6. The standard InChI is InChI=1S/C13H18N4O2/c18-12-10-11(16-13(19)17-12)15-9(14-10)7-6-8-4-2-1-3-5-8/h8H,1-7H2,(H3,14,15,16,17,18,19). The van der Waals surface area contributed by atoms with E-state index in [9.17, 15) is 9.59 Å². The number of aromatic nitrogens is 4. The van der Waals surface area contributed by atoms with Crippen molar-refractivity contribution in [3.8, 4) is 0 Å². The molecule has 1 saturated carbocycles. The quantitative estimate of drug-likeness (QED) is 0.781. The van der Waals surface area contributed by atoms with E-state index < -0.39 is 11.2 Å². The highest BCUT2D eigenvalue weighted by molar-refractivity contribution is 5.68. The molecule has 102 valence electrons. The van der Waals surface area contributed by atoms with Crippen LogP contribution < -0.4 is 11.2 Å². The van der Waals surface area contributed by atoms with E-state index in [0.29, 0.717) is 11.2 Å². The average Bonchev–Trinajstić information content (AvgIpc) is 2.81. The molecule has 2 aromatic rings. The van der Waals surface area contributed by atoms with Gasteiger partial charge in [0.15, 0.2) is 5.65 Å². The fourth-order valence-electron chi connectivity index (χ4n) is 2.92. The highest BCUT2D eigenvalue weighted by Crippen LogP contribution is 2.27. The number of rotatable bonds is 3. The molecule has 6 nitrogen and oxygen atoms in total. The van der Waals surface area contributed by atoms with Crippen LogP contribution in [0.15, 0.2) is 9.59 Å². The van der Waals surface area contributed by atoms with E-state index in [2.05, 4.69) is 19.9 Å². The zero-order valence-corrected chi connectivity index (χ0v) is 10.8. The molecule has 0 saturated heterocycles. The molecule has 0 unspecified atom stereocenters. The molecule has 0 amide bonds. The third-order valence-electron chi connectivity index (χ3n) is 3.95. The van der Waals surface area contributed by atoms with Crippen LogP contribution in [0.1, 0.15) is 44.3 Å². The van der Waals surface area contributed by atoms with E-state index in [-0.39, 0.29) is 0 Å². The smallest absolute Gasteiger partial charge is 0.327 e. The molecular formula is C13H18N4O2. The van der Waals surface area contributed by atoms with Gasteiger partial charge < -0.3 is 4.98 Å². The molecule has 2 heterocycles. The van der Waals surface area contributed by atoms with Gasteiger partial charge in [-0.3, -0.25) is 14.8 Å². The van der Waals surface area contributed by atoms with Crippen LogP contribution in [0.2, 0.25) is 0 Å². The first kappa shape index (κ1) is 12.2. The molecule has 0 radical (unpaired) electrons. The molecule has 19 heavy (non-hydrogen) atoms. The fraction of sp³-hybridized carbons (Fsp3) is 0.615. The van der Waals surface area contributed by atoms with E-state index in [4.69, 9.17) is 0 Å². The van der Waals surface area contributed by atoms with Gasteiger partial charge in [-0.2, -0.15) is 0 Å². The Labute approximate surface area is 109 Å². The van der Waals surface area contributed by atoms with Crippen molar-refractivity contribution in [2.75, 3.05) is 0 Å². The lowest BCUT2D eigenvalue weighted by molar-refractivity contribution is 0.337. The number of aryl methyl sites for hydroxylation is 1. The third kappa shape index (κ3) is 2.62. The summed E-state index contributed by atoms with van der Waals surface area (Å²) in [5.74, 6) is 1.56. The molecule has 1 aliphatic rings. The third-order valence-corrected chi connectivity index (χ3v) is 3.95. The van der Waals surface area contributed by atoms with Gasteiger partial charge in [0.1, 0.15) is 11.3 Å². The Hall–Kier alpha value is -1.85. The summed E-state index contributed by atoms with van der Waals surface area (Å²) in [6.45, 7) is 0. The molecule has 2 aromatic heterocycles. The van der Waals surface area contributed by atoms with E-state index in [1.807, 2.05) is 0 Å². The van der Waals surface area contributed by atoms with Crippen molar-refractivity contribution in [2.24, 2.45) is 5.92 Å². The van der Waals surface area contributed by atoms with Gasteiger partial charge in [0.2, 0.25) is 0 Å². The van der Waals surface area contributed by atoms with Crippen LogP contribution in [0.25, 0.3) is 11.2 Å². The van der Waals surface area contributed by atoms with Crippen molar-refractivity contribution in [2.45, 2.75) is 44.9 Å². The molecular weight excluding hydrogens is 244 g/mol. The largest absolute Gasteiger partial charge is 0.336 e. The Morgan fingerprint density at radius 1 is 1.05 bits per heavy atom. The van der Waals surface area contributed by atoms with Crippen molar-refractivity contribution in [1.82, 2.24) is 19.9 Å². The second-order valence-electron chi connectivity index (χ2n) is 5.36. The second kappa shape index (κ2) is 5.03. The zero-order valence-electron chi connectivity index (χ0n) is 10.8. The fourth-order valence-corrected chi connectivity index (χ4v) is 2.92. The maximum atomic E-state index is 11.6.